The monoisotopic (exact) mass is 246 g/mol. The van der Waals surface area contributed by atoms with E-state index in [4.69, 9.17) is 10.00 Å². The largest absolute Gasteiger partial charge is 0.457 e. The maximum Gasteiger partial charge on any atom is 0.355 e. The van der Waals surface area contributed by atoms with Crippen LogP contribution in [0.2, 0.25) is 0 Å². The van der Waals surface area contributed by atoms with Gasteiger partial charge >= 0.3 is 5.97 Å². The summed E-state index contributed by atoms with van der Waals surface area (Å²) >= 11 is 0. The summed E-state index contributed by atoms with van der Waals surface area (Å²) in [6.45, 7) is 2.14. The summed E-state index contributed by atoms with van der Waals surface area (Å²) in [6, 6.07) is 5.16. The third kappa shape index (κ3) is 2.73. The molecule has 2 rings (SSSR count). The molecule has 1 aliphatic rings. The zero-order valence-corrected chi connectivity index (χ0v) is 10.6. The molecule has 4 nitrogen and oxygen atoms in total. The van der Waals surface area contributed by atoms with Crippen LogP contribution in [0.1, 0.15) is 55.2 Å². The van der Waals surface area contributed by atoms with Gasteiger partial charge in [0.05, 0.1) is 0 Å². The first-order valence-corrected chi connectivity index (χ1v) is 6.54. The normalized spacial score (nSPS) is 23.3. The number of rotatable bonds is 3. The smallest absolute Gasteiger partial charge is 0.355 e. The van der Waals surface area contributed by atoms with E-state index in [1.165, 1.54) is 6.42 Å². The molecule has 1 aromatic rings. The molecule has 18 heavy (non-hydrogen) atoms. The fourth-order valence-electron chi connectivity index (χ4n) is 2.58. The molecule has 0 spiro atoms. The molecule has 0 aliphatic heterocycles. The van der Waals surface area contributed by atoms with Gasteiger partial charge in [0.1, 0.15) is 23.6 Å². The number of nitrogens with zero attached hydrogens (tertiary/aromatic N) is 1. The Bertz CT molecular complexity index is 459. The van der Waals surface area contributed by atoms with Crippen molar-refractivity contribution < 1.29 is 9.53 Å². The highest BCUT2D eigenvalue weighted by Crippen LogP contribution is 2.29. The van der Waals surface area contributed by atoms with Crippen molar-refractivity contribution in [2.24, 2.45) is 5.92 Å². The molecule has 1 fully saturated rings. The average Bonchev–Trinajstić information content (AvgIpc) is 2.88. The van der Waals surface area contributed by atoms with E-state index < -0.39 is 0 Å². The van der Waals surface area contributed by atoms with Crippen molar-refractivity contribution in [1.82, 2.24) is 4.98 Å². The molecule has 0 radical (unpaired) electrons. The number of carbonyl (C=O) groups is 1. The van der Waals surface area contributed by atoms with Crippen molar-refractivity contribution in [3.8, 4) is 6.07 Å². The van der Waals surface area contributed by atoms with Crippen LogP contribution in [0.25, 0.3) is 0 Å². The molecule has 0 aromatic carbocycles. The Hall–Kier alpha value is -1.76. The fourth-order valence-corrected chi connectivity index (χ4v) is 2.58. The van der Waals surface area contributed by atoms with E-state index >= 15 is 0 Å². The Morgan fingerprint density at radius 3 is 2.94 bits per heavy atom. The number of ether oxygens (including phenoxy) is 1. The van der Waals surface area contributed by atoms with Gasteiger partial charge in [-0.3, -0.25) is 0 Å². The van der Waals surface area contributed by atoms with Crippen LogP contribution in [0, 0.1) is 17.2 Å². The molecule has 1 N–H and O–H groups in total. The summed E-state index contributed by atoms with van der Waals surface area (Å²) in [7, 11) is 0. The Kier molecular flexibility index (Phi) is 4.03. The molecule has 0 saturated heterocycles. The summed E-state index contributed by atoms with van der Waals surface area (Å²) in [5.41, 5.74) is 0.754. The first-order chi connectivity index (χ1) is 8.74. The first-order valence-electron chi connectivity index (χ1n) is 6.54. The maximum atomic E-state index is 11.9. The quantitative estimate of drug-likeness (QED) is 0.834. The van der Waals surface area contributed by atoms with Gasteiger partial charge in [-0.05, 0) is 43.7 Å². The van der Waals surface area contributed by atoms with Crippen molar-refractivity contribution in [3.05, 3.63) is 23.5 Å². The second kappa shape index (κ2) is 5.72. The van der Waals surface area contributed by atoms with Crippen LogP contribution < -0.4 is 0 Å². The van der Waals surface area contributed by atoms with Gasteiger partial charge in [0.15, 0.2) is 0 Å². The first kappa shape index (κ1) is 12.7. The van der Waals surface area contributed by atoms with Crippen molar-refractivity contribution in [1.29, 1.82) is 5.26 Å². The maximum absolute atomic E-state index is 11.9. The minimum absolute atomic E-state index is 0.0325. The number of carbonyl (C=O) groups excluding carboxylic acids is 1. The lowest BCUT2D eigenvalue weighted by molar-refractivity contribution is 0.000179. The van der Waals surface area contributed by atoms with Crippen LogP contribution in [0.15, 0.2) is 12.1 Å². The predicted molar refractivity (Wildman–Crippen MR) is 67.0 cm³/mol. The van der Waals surface area contributed by atoms with Crippen molar-refractivity contribution in [3.63, 3.8) is 0 Å². The zero-order valence-electron chi connectivity index (χ0n) is 10.6. The van der Waals surface area contributed by atoms with Gasteiger partial charge < -0.3 is 9.72 Å². The van der Waals surface area contributed by atoms with E-state index in [1.54, 1.807) is 12.1 Å². The van der Waals surface area contributed by atoms with Crippen molar-refractivity contribution >= 4 is 5.97 Å². The number of esters is 1. The van der Waals surface area contributed by atoms with Crippen LogP contribution >= 0.6 is 0 Å². The van der Waals surface area contributed by atoms with Crippen LogP contribution in [-0.4, -0.2) is 17.1 Å². The molecule has 4 heteroatoms. The molecule has 1 aromatic heterocycles. The molecule has 96 valence electrons. The zero-order chi connectivity index (χ0) is 13.0. The van der Waals surface area contributed by atoms with E-state index in [1.807, 2.05) is 6.07 Å². The topological polar surface area (TPSA) is 65.9 Å². The molecule has 1 aliphatic carbocycles. The number of hydrogen-bond donors (Lipinski definition) is 1. The Morgan fingerprint density at radius 1 is 1.50 bits per heavy atom. The number of nitrogens with one attached hydrogen (secondary N) is 1. The molecule has 0 bridgehead atoms. The molecule has 2 atom stereocenters. The number of nitriles is 1. The third-order valence-corrected chi connectivity index (χ3v) is 3.65. The SMILES string of the molecule is CCC1CCCCC1OC(=O)c1ccc(C#N)[nH]1. The standard InChI is InChI=1S/C14H18N2O2/c1-2-10-5-3-4-6-13(10)18-14(17)12-8-7-11(9-15)16-12/h7-8,10,13,16H,2-6H2,1H3. The summed E-state index contributed by atoms with van der Waals surface area (Å²) in [6.07, 6.45) is 5.53. The number of aromatic amines is 1. The second-order valence-electron chi connectivity index (χ2n) is 4.79. The minimum Gasteiger partial charge on any atom is -0.457 e. The lowest BCUT2D eigenvalue weighted by atomic mass is 9.85. The summed E-state index contributed by atoms with van der Waals surface area (Å²) in [5, 5.41) is 8.70. The molecular weight excluding hydrogens is 228 g/mol. The molecule has 1 saturated carbocycles. The molecule has 1 heterocycles. The van der Waals surface area contributed by atoms with E-state index in [2.05, 4.69) is 11.9 Å². The Morgan fingerprint density at radius 2 is 2.28 bits per heavy atom. The Labute approximate surface area is 107 Å². The van der Waals surface area contributed by atoms with Gasteiger partial charge in [0, 0.05) is 0 Å². The van der Waals surface area contributed by atoms with Gasteiger partial charge in [0.25, 0.3) is 0 Å². The fraction of sp³-hybridized carbons (Fsp3) is 0.571. The molecule has 2 unspecified atom stereocenters. The van der Waals surface area contributed by atoms with Gasteiger partial charge in [0.2, 0.25) is 0 Å². The van der Waals surface area contributed by atoms with Gasteiger partial charge in [-0.15, -0.1) is 0 Å². The van der Waals surface area contributed by atoms with Crippen LogP contribution in [0.4, 0.5) is 0 Å². The molecular formula is C14H18N2O2. The van der Waals surface area contributed by atoms with Crippen molar-refractivity contribution in [2.45, 2.75) is 45.1 Å². The second-order valence-corrected chi connectivity index (χ2v) is 4.79. The van der Waals surface area contributed by atoms with Crippen molar-refractivity contribution in [2.75, 3.05) is 0 Å². The van der Waals surface area contributed by atoms with Crippen LogP contribution in [0.3, 0.4) is 0 Å². The van der Waals surface area contributed by atoms with Gasteiger partial charge in [-0.2, -0.15) is 5.26 Å². The lowest BCUT2D eigenvalue weighted by Crippen LogP contribution is -2.29. The van der Waals surface area contributed by atoms with E-state index in [0.29, 0.717) is 17.3 Å². The van der Waals surface area contributed by atoms with E-state index in [-0.39, 0.29) is 12.1 Å². The summed E-state index contributed by atoms with van der Waals surface area (Å²) in [5.74, 6) is 0.134. The highest BCUT2D eigenvalue weighted by Gasteiger charge is 2.27. The minimum atomic E-state index is -0.346. The number of H-pyrrole nitrogens is 1. The van der Waals surface area contributed by atoms with E-state index in [0.717, 1.165) is 25.7 Å². The predicted octanol–water partition coefficient (Wildman–Crippen LogP) is 3.01. The average molecular weight is 246 g/mol. The third-order valence-electron chi connectivity index (χ3n) is 3.65. The van der Waals surface area contributed by atoms with Crippen LogP contribution in [-0.2, 0) is 4.74 Å². The lowest BCUT2D eigenvalue weighted by Gasteiger charge is -2.30. The Balaban J connectivity index is 1.99. The molecule has 0 amide bonds. The highest BCUT2D eigenvalue weighted by atomic mass is 16.5. The van der Waals surface area contributed by atoms with Gasteiger partial charge in [-0.1, -0.05) is 13.3 Å². The number of aromatic nitrogens is 1. The van der Waals surface area contributed by atoms with E-state index in [9.17, 15) is 4.79 Å². The highest BCUT2D eigenvalue weighted by molar-refractivity contribution is 5.87. The van der Waals surface area contributed by atoms with Crippen LogP contribution in [0.5, 0.6) is 0 Å². The summed E-state index contributed by atoms with van der Waals surface area (Å²) < 4.78 is 5.56. The summed E-state index contributed by atoms with van der Waals surface area (Å²) in [4.78, 5) is 14.7. The number of hydrogen-bond acceptors (Lipinski definition) is 3. The van der Waals surface area contributed by atoms with Gasteiger partial charge in [-0.25, -0.2) is 4.79 Å².